The summed E-state index contributed by atoms with van der Waals surface area (Å²) in [6.45, 7) is 35.2. The predicted molar refractivity (Wildman–Crippen MR) is 240 cm³/mol. The first kappa shape index (κ1) is 50.2. The van der Waals surface area contributed by atoms with E-state index in [-0.39, 0.29) is 42.6 Å². The fraction of sp³-hybridized carbons (Fsp3) is 0.851. The van der Waals surface area contributed by atoms with Crippen LogP contribution in [-0.2, 0) is 37.6 Å². The Kier molecular flexibility index (Phi) is 19.5. The number of carbonyl (C=O) groups is 1. The molecule has 1 spiro atoms. The van der Waals surface area contributed by atoms with Crippen LogP contribution in [0.4, 0.5) is 0 Å². The fourth-order valence-electron chi connectivity index (χ4n) is 9.48. The first-order chi connectivity index (χ1) is 26.7. The molecule has 3 fully saturated rings. The Balaban J connectivity index is 1.76. The Bertz CT molecular complexity index is 1290. The molecule has 0 amide bonds. The molecule has 0 aromatic heterocycles. The van der Waals surface area contributed by atoms with Crippen molar-refractivity contribution in [3.63, 3.8) is 0 Å². The standard InChI is InChI=1S/C47H86O8Si2/c1-16-19-27-45(43-33-51-46(17-2,18-3)53-43)29-30-47(55-45)28-26-40(12)41(52-47)23-20-38(10)21-24-42(54-57(35(4)5,36(6)7)37(8)9)39(11)22-25-44(48)50-34-49-31-32-56(13,14)15/h20-22,24-25,35-37,39-43H,16-19,23,26-34H2,1-15H3/b24-21+,25-22+,38-20+/t39-,40-,41+,42-,43-,45+,47-/m0/s1. The third-order valence-corrected chi connectivity index (χ3v) is 21.2. The molecule has 3 rings (SSSR count). The van der Waals surface area contributed by atoms with Gasteiger partial charge in [0.05, 0.1) is 18.8 Å². The summed E-state index contributed by atoms with van der Waals surface area (Å²) in [7, 11) is -3.43. The molecule has 57 heavy (non-hydrogen) atoms. The van der Waals surface area contributed by atoms with E-state index >= 15 is 0 Å². The highest BCUT2D eigenvalue weighted by atomic mass is 28.4. The van der Waals surface area contributed by atoms with Crippen molar-refractivity contribution in [2.45, 2.75) is 225 Å². The Morgan fingerprint density at radius 3 is 2.14 bits per heavy atom. The largest absolute Gasteiger partial charge is 0.435 e. The van der Waals surface area contributed by atoms with Gasteiger partial charge < -0.3 is 32.8 Å². The van der Waals surface area contributed by atoms with Gasteiger partial charge in [-0.1, -0.05) is 139 Å². The lowest BCUT2D eigenvalue weighted by Gasteiger charge is -2.45. The summed E-state index contributed by atoms with van der Waals surface area (Å²) in [5.74, 6) is -1.08. The Hall–Kier alpha value is -1.12. The van der Waals surface area contributed by atoms with Crippen LogP contribution in [0.5, 0.6) is 0 Å². The van der Waals surface area contributed by atoms with E-state index in [1.807, 2.05) is 6.08 Å². The second-order valence-corrected chi connectivity index (χ2v) is 30.9. The second kappa shape index (κ2) is 22.1. The number of esters is 1. The summed E-state index contributed by atoms with van der Waals surface area (Å²) in [5.41, 5.74) is 2.10. The minimum Gasteiger partial charge on any atom is -0.435 e. The van der Waals surface area contributed by atoms with E-state index in [4.69, 9.17) is 32.8 Å². The zero-order valence-electron chi connectivity index (χ0n) is 39.2. The monoisotopic (exact) mass is 835 g/mol. The molecule has 7 atom stereocenters. The van der Waals surface area contributed by atoms with E-state index in [2.05, 4.69) is 121 Å². The average Bonchev–Trinajstić information content (AvgIpc) is 3.76. The van der Waals surface area contributed by atoms with Crippen molar-refractivity contribution >= 4 is 22.4 Å². The van der Waals surface area contributed by atoms with Gasteiger partial charge in [-0.05, 0) is 74.0 Å². The Labute approximate surface area is 351 Å². The van der Waals surface area contributed by atoms with Crippen LogP contribution in [0.15, 0.2) is 36.0 Å². The molecular weight excluding hydrogens is 749 g/mol. The minimum absolute atomic E-state index is 0.0192. The van der Waals surface area contributed by atoms with Crippen LogP contribution in [0.25, 0.3) is 0 Å². The van der Waals surface area contributed by atoms with Crippen LogP contribution in [-0.4, -0.2) is 77.9 Å². The molecular formula is C47H86O8Si2. The molecule has 10 heteroatoms. The Morgan fingerprint density at radius 2 is 1.56 bits per heavy atom. The number of hydrogen-bond acceptors (Lipinski definition) is 8. The summed E-state index contributed by atoms with van der Waals surface area (Å²) in [5, 5.41) is 0. The van der Waals surface area contributed by atoms with Crippen LogP contribution < -0.4 is 0 Å². The molecule has 330 valence electrons. The van der Waals surface area contributed by atoms with Gasteiger partial charge in [0.2, 0.25) is 8.32 Å². The molecule has 3 aliphatic rings. The van der Waals surface area contributed by atoms with Crippen molar-refractivity contribution in [2.24, 2.45) is 11.8 Å². The highest BCUT2D eigenvalue weighted by Gasteiger charge is 2.59. The molecule has 0 aromatic rings. The van der Waals surface area contributed by atoms with Crippen LogP contribution in [0.3, 0.4) is 0 Å². The lowest BCUT2D eigenvalue weighted by molar-refractivity contribution is -0.314. The quantitative estimate of drug-likeness (QED) is 0.0251. The summed E-state index contributed by atoms with van der Waals surface area (Å²) in [6.07, 6.45) is 19.5. The molecule has 0 radical (unpaired) electrons. The SMILES string of the molecule is CCCC[C@]1([C@@H]2COC(CC)(CC)O2)CC[C@]2(CC[C@H](C)[C@@H](C/C=C(C)/C=C/[C@H](O[Si](C(C)C)(C(C)C)C(C)C)[C@@H](C)/C=C/C(=O)OCOCC[Si](C)(C)C)O2)O1. The number of unbranched alkanes of at least 4 members (excludes halogenated alkanes) is 1. The summed E-state index contributed by atoms with van der Waals surface area (Å²) >= 11 is 0. The van der Waals surface area contributed by atoms with Crippen LogP contribution in [0.1, 0.15) is 147 Å². The van der Waals surface area contributed by atoms with Gasteiger partial charge in [0.25, 0.3) is 0 Å². The molecule has 0 unspecified atom stereocenters. The molecule has 3 heterocycles. The Morgan fingerprint density at radius 1 is 0.895 bits per heavy atom. The van der Waals surface area contributed by atoms with Crippen LogP contribution >= 0.6 is 0 Å². The number of carbonyl (C=O) groups excluding carboxylic acids is 1. The first-order valence-electron chi connectivity index (χ1n) is 22.9. The van der Waals surface area contributed by atoms with Crippen molar-refractivity contribution in [3.8, 4) is 0 Å². The topological polar surface area (TPSA) is 81.7 Å². The lowest BCUT2D eigenvalue weighted by atomic mass is 9.86. The molecule has 0 N–H and O–H groups in total. The molecule has 3 aliphatic heterocycles. The van der Waals surface area contributed by atoms with Gasteiger partial charge in [0.1, 0.15) is 11.7 Å². The first-order valence-corrected chi connectivity index (χ1v) is 28.7. The van der Waals surface area contributed by atoms with Gasteiger partial charge in [-0.3, -0.25) is 0 Å². The van der Waals surface area contributed by atoms with Gasteiger partial charge in [-0.15, -0.1) is 0 Å². The van der Waals surface area contributed by atoms with E-state index in [1.165, 1.54) is 11.6 Å². The van der Waals surface area contributed by atoms with Gasteiger partial charge in [0.15, 0.2) is 18.4 Å². The van der Waals surface area contributed by atoms with E-state index in [0.29, 0.717) is 35.8 Å². The molecule has 3 saturated heterocycles. The summed E-state index contributed by atoms with van der Waals surface area (Å²) in [6, 6.07) is 1.04. The van der Waals surface area contributed by atoms with Gasteiger partial charge >= 0.3 is 5.97 Å². The summed E-state index contributed by atoms with van der Waals surface area (Å²) < 4.78 is 45.6. The van der Waals surface area contributed by atoms with Crippen molar-refractivity contribution < 1.29 is 37.6 Å². The average molecular weight is 835 g/mol. The maximum atomic E-state index is 12.7. The van der Waals surface area contributed by atoms with E-state index < -0.39 is 28.0 Å². The lowest BCUT2D eigenvalue weighted by Crippen LogP contribution is -2.50. The number of ether oxygens (including phenoxy) is 6. The van der Waals surface area contributed by atoms with Crippen molar-refractivity contribution in [1.29, 1.82) is 0 Å². The van der Waals surface area contributed by atoms with Crippen molar-refractivity contribution in [3.05, 3.63) is 36.0 Å². The van der Waals surface area contributed by atoms with Crippen LogP contribution in [0, 0.1) is 11.8 Å². The third kappa shape index (κ3) is 13.7. The van der Waals surface area contributed by atoms with E-state index in [9.17, 15) is 4.79 Å². The predicted octanol–water partition coefficient (Wildman–Crippen LogP) is 12.7. The smallest absolute Gasteiger partial charge is 0.332 e. The molecule has 0 saturated carbocycles. The zero-order valence-corrected chi connectivity index (χ0v) is 41.2. The zero-order chi connectivity index (χ0) is 42.7. The summed E-state index contributed by atoms with van der Waals surface area (Å²) in [4.78, 5) is 12.7. The molecule has 0 aromatic carbocycles. The van der Waals surface area contributed by atoms with Crippen molar-refractivity contribution in [2.75, 3.05) is 20.0 Å². The number of hydrogen-bond donors (Lipinski definition) is 0. The minimum atomic E-state index is -2.23. The molecule has 0 bridgehead atoms. The maximum Gasteiger partial charge on any atom is 0.332 e. The fourth-order valence-corrected chi connectivity index (χ4v) is 15.8. The van der Waals surface area contributed by atoms with E-state index in [0.717, 1.165) is 70.3 Å². The van der Waals surface area contributed by atoms with E-state index in [1.54, 1.807) is 0 Å². The maximum absolute atomic E-state index is 12.7. The highest BCUT2D eigenvalue weighted by Crippen LogP contribution is 2.52. The van der Waals surface area contributed by atoms with Crippen molar-refractivity contribution in [1.82, 2.24) is 0 Å². The van der Waals surface area contributed by atoms with Gasteiger partial charge in [-0.25, -0.2) is 4.79 Å². The second-order valence-electron chi connectivity index (χ2n) is 19.9. The number of allylic oxidation sites excluding steroid dienone is 2. The molecule has 8 nitrogen and oxygen atoms in total. The van der Waals surface area contributed by atoms with Gasteiger partial charge in [0, 0.05) is 39.5 Å². The molecule has 0 aliphatic carbocycles. The van der Waals surface area contributed by atoms with Crippen LogP contribution in [0.2, 0.25) is 42.3 Å². The normalized spacial score (nSPS) is 28.5. The van der Waals surface area contributed by atoms with Gasteiger partial charge in [-0.2, -0.15) is 0 Å². The third-order valence-electron chi connectivity index (χ3n) is 13.4. The number of rotatable bonds is 23. The highest BCUT2D eigenvalue weighted by molar-refractivity contribution is 6.77.